The van der Waals surface area contributed by atoms with Gasteiger partial charge in [-0.3, -0.25) is 23.4 Å². The number of esters is 2. The quantitative estimate of drug-likeness (QED) is 0.0166. The topological polar surface area (TPSA) is 224 Å². The summed E-state index contributed by atoms with van der Waals surface area (Å²) in [6.45, 7) is 4.31. The maximum Gasteiger partial charge on any atom is 0.472 e. The third-order valence-corrected chi connectivity index (χ3v) is 11.1. The van der Waals surface area contributed by atoms with Crippen LogP contribution in [0.1, 0.15) is 213 Å². The Kier molecular flexibility index (Phi) is 47.3. The molecule has 3 unspecified atom stereocenters. The number of carboxylic acids is 1. The number of carboxylic acid groups (broad SMARTS) is 1. The third-order valence-electron chi connectivity index (χ3n) is 10.1. The Labute approximate surface area is 371 Å². The molecule has 0 heterocycles. The van der Waals surface area contributed by atoms with Gasteiger partial charge in [-0.15, -0.1) is 0 Å². The van der Waals surface area contributed by atoms with Crippen LogP contribution < -0.4 is 17.2 Å². The lowest BCUT2D eigenvalue weighted by molar-refractivity contribution is -0.161. The minimum atomic E-state index is -4.37. The molecule has 13 nitrogen and oxygen atoms in total. The number of allylic oxidation sites excluding steroid dienone is 4. The van der Waals surface area contributed by atoms with E-state index in [4.69, 9.17) is 40.8 Å². The first-order valence-corrected chi connectivity index (χ1v) is 25.7. The van der Waals surface area contributed by atoms with E-state index in [1.165, 1.54) is 89.9 Å². The maximum absolute atomic E-state index is 12.5. The number of carbonyl (C=O) groups excluding carboxylic acids is 2. The molecule has 0 saturated heterocycles. The van der Waals surface area contributed by atoms with E-state index in [1.54, 1.807) is 0 Å². The van der Waals surface area contributed by atoms with Crippen LogP contribution in [0.5, 0.6) is 0 Å². The molecule has 0 rings (SSSR count). The van der Waals surface area contributed by atoms with Crippen LogP contribution in [0.25, 0.3) is 0 Å². The highest BCUT2D eigenvalue weighted by Crippen LogP contribution is 2.43. The number of hydrogen-bond donors (Lipinski definition) is 5. The minimum Gasteiger partial charge on any atom is -0.480 e. The largest absolute Gasteiger partial charge is 0.480 e. The normalized spacial score (nSPS) is 13.5. The molecule has 0 aromatic rings. The van der Waals surface area contributed by atoms with Crippen molar-refractivity contribution in [2.45, 2.75) is 225 Å². The second kappa shape index (κ2) is 47.4. The SMILES string of the molecule is CCCCCCCC/C=C\CCCCCCCC(=O)OCC(COP(=O)(O)OCCN)OC(=O)CCCCCCC/C=C\CCCCCCCC.NCCCCC(N)C(=O)O. The number of phosphoric ester groups is 1. The van der Waals surface area contributed by atoms with Gasteiger partial charge in [-0.2, -0.15) is 0 Å². The van der Waals surface area contributed by atoms with E-state index in [0.29, 0.717) is 19.4 Å². The zero-order chi connectivity index (χ0) is 45.5. The van der Waals surface area contributed by atoms with Gasteiger partial charge < -0.3 is 36.7 Å². The predicted octanol–water partition coefficient (Wildman–Crippen LogP) is 11.1. The fraction of sp³-hybridized carbons (Fsp3) is 0.851. The Hall–Kier alpha value is -2.12. The molecule has 360 valence electrons. The van der Waals surface area contributed by atoms with Crippen molar-refractivity contribution in [3.8, 4) is 0 Å². The van der Waals surface area contributed by atoms with E-state index in [0.717, 1.165) is 83.5 Å². The van der Waals surface area contributed by atoms with Gasteiger partial charge in [0.05, 0.1) is 13.2 Å². The lowest BCUT2D eigenvalue weighted by Crippen LogP contribution is -2.29. The molecule has 0 aliphatic heterocycles. The first-order chi connectivity index (χ1) is 29.5. The van der Waals surface area contributed by atoms with Crippen LogP contribution >= 0.6 is 7.82 Å². The second-order valence-corrected chi connectivity index (χ2v) is 17.5. The van der Waals surface area contributed by atoms with Crippen LogP contribution in [-0.4, -0.2) is 73.0 Å². The minimum absolute atomic E-state index is 0.0518. The summed E-state index contributed by atoms with van der Waals surface area (Å²) in [5.41, 5.74) is 15.8. The summed E-state index contributed by atoms with van der Waals surface area (Å²) in [5, 5.41) is 8.33. The van der Waals surface area contributed by atoms with Crippen molar-refractivity contribution in [3.05, 3.63) is 24.3 Å². The average Bonchev–Trinajstić information content (AvgIpc) is 3.24. The zero-order valence-electron chi connectivity index (χ0n) is 38.8. The molecule has 0 aromatic heterocycles. The number of nitrogens with two attached hydrogens (primary N) is 3. The van der Waals surface area contributed by atoms with Gasteiger partial charge in [-0.25, -0.2) is 4.57 Å². The highest BCUT2D eigenvalue weighted by molar-refractivity contribution is 7.47. The Morgan fingerprint density at radius 2 is 0.984 bits per heavy atom. The lowest BCUT2D eigenvalue weighted by atomic mass is 10.1. The van der Waals surface area contributed by atoms with E-state index >= 15 is 0 Å². The molecule has 0 bridgehead atoms. The van der Waals surface area contributed by atoms with Crippen molar-refractivity contribution in [2.24, 2.45) is 17.2 Å². The van der Waals surface area contributed by atoms with Crippen LogP contribution in [0.3, 0.4) is 0 Å². The van der Waals surface area contributed by atoms with Gasteiger partial charge >= 0.3 is 25.7 Å². The van der Waals surface area contributed by atoms with E-state index in [9.17, 15) is 23.8 Å². The number of rotatable bonds is 44. The Morgan fingerprint density at radius 1 is 0.557 bits per heavy atom. The Morgan fingerprint density at radius 3 is 1.41 bits per heavy atom. The van der Waals surface area contributed by atoms with Crippen molar-refractivity contribution in [2.75, 3.05) is 32.9 Å². The summed E-state index contributed by atoms with van der Waals surface area (Å²) in [4.78, 5) is 44.9. The van der Waals surface area contributed by atoms with E-state index in [1.807, 2.05) is 0 Å². The Bertz CT molecular complexity index is 1110. The monoisotopic (exact) mass is 890 g/mol. The van der Waals surface area contributed by atoms with Crippen molar-refractivity contribution >= 4 is 25.7 Å². The van der Waals surface area contributed by atoms with E-state index in [2.05, 4.69) is 38.2 Å². The summed E-state index contributed by atoms with van der Waals surface area (Å²) in [7, 11) is -4.37. The molecule has 61 heavy (non-hydrogen) atoms. The third kappa shape index (κ3) is 48.8. The van der Waals surface area contributed by atoms with E-state index in [-0.39, 0.29) is 32.6 Å². The Balaban J connectivity index is 0. The molecule has 8 N–H and O–H groups in total. The smallest absolute Gasteiger partial charge is 0.472 e. The highest BCUT2D eigenvalue weighted by atomic mass is 31.2. The average molecular weight is 890 g/mol. The van der Waals surface area contributed by atoms with Gasteiger partial charge in [0.25, 0.3) is 0 Å². The molecule has 0 aromatic carbocycles. The summed E-state index contributed by atoms with van der Waals surface area (Å²) in [6, 6.07) is -0.716. The first-order valence-electron chi connectivity index (χ1n) is 24.2. The van der Waals surface area contributed by atoms with Gasteiger partial charge in [0.1, 0.15) is 12.6 Å². The highest BCUT2D eigenvalue weighted by Gasteiger charge is 2.26. The van der Waals surface area contributed by atoms with Crippen LogP contribution in [0.15, 0.2) is 24.3 Å². The van der Waals surface area contributed by atoms with Crippen LogP contribution in [-0.2, 0) is 37.5 Å². The second-order valence-electron chi connectivity index (χ2n) is 16.1. The van der Waals surface area contributed by atoms with Gasteiger partial charge in [0.2, 0.25) is 0 Å². The molecular weight excluding hydrogens is 798 g/mol. The molecule has 0 radical (unpaired) electrons. The van der Waals surface area contributed by atoms with Crippen molar-refractivity contribution in [3.63, 3.8) is 0 Å². The summed E-state index contributed by atoms with van der Waals surface area (Å²) in [6.07, 6.45) is 41.3. The fourth-order valence-corrected chi connectivity index (χ4v) is 7.08. The molecule has 0 amide bonds. The molecular formula is C47H92N3O10P. The zero-order valence-corrected chi connectivity index (χ0v) is 39.7. The number of hydrogen-bond acceptors (Lipinski definition) is 11. The summed E-state index contributed by atoms with van der Waals surface area (Å²) >= 11 is 0. The van der Waals surface area contributed by atoms with Gasteiger partial charge in [0.15, 0.2) is 6.10 Å². The summed E-state index contributed by atoms with van der Waals surface area (Å²) < 4.78 is 32.7. The van der Waals surface area contributed by atoms with Gasteiger partial charge in [-0.05, 0) is 83.6 Å². The molecule has 0 aliphatic carbocycles. The number of carbonyl (C=O) groups is 3. The molecule has 3 atom stereocenters. The van der Waals surface area contributed by atoms with Gasteiger partial charge in [-0.1, -0.05) is 147 Å². The van der Waals surface area contributed by atoms with Crippen LogP contribution in [0.4, 0.5) is 0 Å². The number of unbranched alkanes of at least 4 members (excludes halogenated alkanes) is 23. The number of phosphoric acid groups is 1. The standard InChI is InChI=1S/C41H78NO8P.C6H14N2O2/c1-3-5-7-9-11-13-15-17-19-21-23-25-27-29-31-33-40(43)47-37-39(38-49-51(45,46)48-36-35-42)50-41(44)34-32-30-28-26-24-22-20-18-16-14-12-10-8-6-4-2;7-4-2-1-3-5(8)6(9)10/h17-20,39H,3-16,21-38,42H2,1-2H3,(H,45,46);5H,1-4,7-8H2,(H,9,10)/b19-17-,20-18-;. The van der Waals surface area contributed by atoms with Crippen molar-refractivity contribution < 1.29 is 47.5 Å². The van der Waals surface area contributed by atoms with Crippen LogP contribution in [0.2, 0.25) is 0 Å². The van der Waals surface area contributed by atoms with Crippen molar-refractivity contribution in [1.82, 2.24) is 0 Å². The predicted molar refractivity (Wildman–Crippen MR) is 249 cm³/mol. The molecule has 0 aliphatic rings. The molecule has 14 heteroatoms. The van der Waals surface area contributed by atoms with Crippen LogP contribution in [0, 0.1) is 0 Å². The fourth-order valence-electron chi connectivity index (χ4n) is 6.31. The lowest BCUT2D eigenvalue weighted by Gasteiger charge is -2.19. The van der Waals surface area contributed by atoms with Crippen molar-refractivity contribution in [1.29, 1.82) is 0 Å². The maximum atomic E-state index is 12.5. The van der Waals surface area contributed by atoms with Gasteiger partial charge in [0, 0.05) is 19.4 Å². The number of ether oxygens (including phenoxy) is 2. The number of aliphatic carboxylic acids is 1. The molecule has 0 saturated carbocycles. The summed E-state index contributed by atoms with van der Waals surface area (Å²) in [5.74, 6) is -1.78. The molecule has 0 fully saturated rings. The van der Waals surface area contributed by atoms with E-state index < -0.39 is 44.5 Å². The molecule has 0 spiro atoms. The first kappa shape index (κ1) is 61.0.